The molecular weight excluding hydrogens is 214 g/mol. The first-order chi connectivity index (χ1) is 6.14. The van der Waals surface area contributed by atoms with Crippen LogP contribution in [0.3, 0.4) is 0 Å². The lowest BCUT2D eigenvalue weighted by atomic mass is 9.97. The van der Waals surface area contributed by atoms with Crippen molar-refractivity contribution in [3.8, 4) is 0 Å². The Morgan fingerprint density at radius 3 is 1.43 bits per heavy atom. The molecule has 0 aliphatic rings. The molecule has 0 radical (unpaired) electrons. The monoisotopic (exact) mass is 224 g/mol. The number of hydrogen-bond acceptors (Lipinski definition) is 1. The van der Waals surface area contributed by atoms with Crippen LogP contribution in [0, 0.1) is 5.92 Å². The molecular formula is C7H10F6O. The van der Waals surface area contributed by atoms with Crippen molar-refractivity contribution in [2.75, 3.05) is 6.61 Å². The summed E-state index contributed by atoms with van der Waals surface area (Å²) in [5.74, 6) is -1.58. The van der Waals surface area contributed by atoms with Crippen LogP contribution in [0.1, 0.15) is 19.3 Å². The van der Waals surface area contributed by atoms with E-state index < -0.39 is 44.1 Å². The minimum atomic E-state index is -4.62. The second-order valence-corrected chi connectivity index (χ2v) is 3.02. The zero-order chi connectivity index (χ0) is 11.4. The second kappa shape index (κ2) is 4.86. The van der Waals surface area contributed by atoms with Gasteiger partial charge in [-0.1, -0.05) is 0 Å². The van der Waals surface area contributed by atoms with E-state index in [4.69, 9.17) is 5.11 Å². The molecule has 0 rings (SSSR count). The molecule has 86 valence electrons. The molecule has 0 amide bonds. The summed E-state index contributed by atoms with van der Waals surface area (Å²) < 4.78 is 70.5. The van der Waals surface area contributed by atoms with Gasteiger partial charge in [0.15, 0.2) is 0 Å². The van der Waals surface area contributed by atoms with Crippen molar-refractivity contribution in [1.29, 1.82) is 0 Å². The highest BCUT2D eigenvalue weighted by Gasteiger charge is 2.38. The van der Waals surface area contributed by atoms with Crippen LogP contribution >= 0.6 is 0 Å². The lowest BCUT2D eigenvalue weighted by molar-refractivity contribution is -0.174. The molecule has 7 heteroatoms. The van der Waals surface area contributed by atoms with Gasteiger partial charge >= 0.3 is 12.4 Å². The molecule has 0 saturated carbocycles. The first-order valence-electron chi connectivity index (χ1n) is 3.88. The van der Waals surface area contributed by atoms with Crippen molar-refractivity contribution in [3.63, 3.8) is 0 Å². The van der Waals surface area contributed by atoms with E-state index >= 15 is 0 Å². The van der Waals surface area contributed by atoms with Gasteiger partial charge in [-0.2, -0.15) is 26.3 Å². The largest absolute Gasteiger partial charge is 0.396 e. The maximum Gasteiger partial charge on any atom is 0.389 e. The molecule has 0 unspecified atom stereocenters. The fourth-order valence-corrected chi connectivity index (χ4v) is 1.11. The van der Waals surface area contributed by atoms with Crippen LogP contribution in [0.2, 0.25) is 0 Å². The van der Waals surface area contributed by atoms with Gasteiger partial charge in [-0.15, -0.1) is 0 Å². The van der Waals surface area contributed by atoms with Gasteiger partial charge < -0.3 is 5.11 Å². The average molecular weight is 224 g/mol. The fraction of sp³-hybridized carbons (Fsp3) is 1.00. The van der Waals surface area contributed by atoms with E-state index in [0.717, 1.165) is 0 Å². The highest BCUT2D eigenvalue weighted by Crippen LogP contribution is 2.34. The highest BCUT2D eigenvalue weighted by atomic mass is 19.4. The molecule has 0 aromatic rings. The SMILES string of the molecule is OCCC(CC(F)(F)F)CC(F)(F)F. The van der Waals surface area contributed by atoms with Crippen LogP contribution in [0.5, 0.6) is 0 Å². The predicted molar refractivity (Wildman–Crippen MR) is 36.5 cm³/mol. The maximum atomic E-state index is 11.8. The van der Waals surface area contributed by atoms with Crippen molar-refractivity contribution >= 4 is 0 Å². The summed E-state index contributed by atoms with van der Waals surface area (Å²) in [6.07, 6.45) is -12.7. The van der Waals surface area contributed by atoms with Gasteiger partial charge in [-0.25, -0.2) is 0 Å². The van der Waals surface area contributed by atoms with E-state index in [1.165, 1.54) is 0 Å². The van der Waals surface area contributed by atoms with Crippen LogP contribution < -0.4 is 0 Å². The zero-order valence-corrected chi connectivity index (χ0v) is 7.12. The Bertz CT molecular complexity index is 145. The molecule has 0 bridgehead atoms. The Morgan fingerprint density at radius 1 is 0.857 bits per heavy atom. The fourth-order valence-electron chi connectivity index (χ4n) is 1.11. The summed E-state index contributed by atoms with van der Waals surface area (Å²) in [4.78, 5) is 0. The third-order valence-corrected chi connectivity index (χ3v) is 1.58. The molecule has 0 aromatic carbocycles. The molecule has 0 atom stereocenters. The Hall–Kier alpha value is -0.460. The van der Waals surface area contributed by atoms with Crippen molar-refractivity contribution in [2.24, 2.45) is 5.92 Å². The summed E-state index contributed by atoms with van der Waals surface area (Å²) in [6, 6.07) is 0. The first-order valence-corrected chi connectivity index (χ1v) is 3.88. The number of hydrogen-bond donors (Lipinski definition) is 1. The lowest BCUT2D eigenvalue weighted by Crippen LogP contribution is -2.22. The first kappa shape index (κ1) is 13.5. The molecule has 1 nitrogen and oxygen atoms in total. The minimum Gasteiger partial charge on any atom is -0.396 e. The van der Waals surface area contributed by atoms with Crippen LogP contribution in [0.4, 0.5) is 26.3 Å². The van der Waals surface area contributed by atoms with Gasteiger partial charge in [0.25, 0.3) is 0 Å². The van der Waals surface area contributed by atoms with E-state index in [0.29, 0.717) is 0 Å². The standard InChI is InChI=1S/C7H10F6O/c8-6(9,10)3-5(1-2-14)4-7(11,12)13/h5,14H,1-4H2. The van der Waals surface area contributed by atoms with Crippen LogP contribution in [-0.2, 0) is 0 Å². The lowest BCUT2D eigenvalue weighted by Gasteiger charge is -2.18. The van der Waals surface area contributed by atoms with Gasteiger partial charge in [-0.3, -0.25) is 0 Å². The van der Waals surface area contributed by atoms with Crippen molar-refractivity contribution in [2.45, 2.75) is 31.6 Å². The Kier molecular flexibility index (Phi) is 4.70. The number of alkyl halides is 6. The number of aliphatic hydroxyl groups is 1. The zero-order valence-electron chi connectivity index (χ0n) is 7.12. The average Bonchev–Trinajstić information content (AvgIpc) is 1.78. The van der Waals surface area contributed by atoms with Crippen molar-refractivity contribution in [1.82, 2.24) is 0 Å². The molecule has 0 aliphatic carbocycles. The molecule has 0 aliphatic heterocycles. The summed E-state index contributed by atoms with van der Waals surface area (Å²) in [7, 11) is 0. The third-order valence-electron chi connectivity index (χ3n) is 1.58. The van der Waals surface area contributed by atoms with Crippen LogP contribution in [-0.4, -0.2) is 24.1 Å². The Morgan fingerprint density at radius 2 is 1.21 bits per heavy atom. The smallest absolute Gasteiger partial charge is 0.389 e. The second-order valence-electron chi connectivity index (χ2n) is 3.02. The topological polar surface area (TPSA) is 20.2 Å². The summed E-state index contributed by atoms with van der Waals surface area (Å²) in [6.45, 7) is -0.670. The molecule has 0 fully saturated rings. The van der Waals surface area contributed by atoms with E-state index in [9.17, 15) is 26.3 Å². The number of halogens is 6. The van der Waals surface area contributed by atoms with Gasteiger partial charge in [-0.05, 0) is 12.3 Å². The van der Waals surface area contributed by atoms with Crippen molar-refractivity contribution < 1.29 is 31.4 Å². The van der Waals surface area contributed by atoms with Crippen LogP contribution in [0.25, 0.3) is 0 Å². The summed E-state index contributed by atoms with van der Waals surface area (Å²) >= 11 is 0. The highest BCUT2D eigenvalue weighted by molar-refractivity contribution is 4.68. The predicted octanol–water partition coefficient (Wildman–Crippen LogP) is 2.89. The summed E-state index contributed by atoms with van der Waals surface area (Å²) in [5.41, 5.74) is 0. The Labute approximate surface area is 76.7 Å². The number of rotatable bonds is 4. The molecule has 0 saturated heterocycles. The van der Waals surface area contributed by atoms with Gasteiger partial charge in [0.2, 0.25) is 0 Å². The van der Waals surface area contributed by atoms with Crippen molar-refractivity contribution in [3.05, 3.63) is 0 Å². The Balaban J connectivity index is 4.16. The number of aliphatic hydroxyl groups excluding tert-OH is 1. The van der Waals surface area contributed by atoms with Gasteiger partial charge in [0, 0.05) is 19.4 Å². The molecule has 1 N–H and O–H groups in total. The third kappa shape index (κ3) is 8.15. The van der Waals surface area contributed by atoms with Crippen LogP contribution in [0.15, 0.2) is 0 Å². The van der Waals surface area contributed by atoms with E-state index in [-0.39, 0.29) is 0 Å². The molecule has 0 aromatic heterocycles. The van der Waals surface area contributed by atoms with E-state index in [2.05, 4.69) is 0 Å². The minimum absolute atomic E-state index is 0.487. The molecule has 0 heterocycles. The van der Waals surface area contributed by atoms with E-state index in [1.807, 2.05) is 0 Å². The van der Waals surface area contributed by atoms with E-state index in [1.54, 1.807) is 0 Å². The van der Waals surface area contributed by atoms with Gasteiger partial charge in [0.1, 0.15) is 0 Å². The van der Waals surface area contributed by atoms with Gasteiger partial charge in [0.05, 0.1) is 0 Å². The quantitative estimate of drug-likeness (QED) is 0.728. The normalized spacial score (nSPS) is 13.7. The maximum absolute atomic E-state index is 11.8. The molecule has 14 heavy (non-hydrogen) atoms. The molecule has 0 spiro atoms. The summed E-state index contributed by atoms with van der Waals surface area (Å²) in [5, 5.41) is 8.30.